The van der Waals surface area contributed by atoms with Gasteiger partial charge in [0.15, 0.2) is 5.82 Å². The number of hydrogen-bond acceptors (Lipinski definition) is 7. The summed E-state index contributed by atoms with van der Waals surface area (Å²) in [4.78, 5) is 39.3. The predicted octanol–water partition coefficient (Wildman–Crippen LogP) is 8.91. The maximum Gasteiger partial charge on any atom is 0.260 e. The Balaban J connectivity index is 0.00000141. The molecular weight excluding hydrogens is 652 g/mol. The first-order chi connectivity index (χ1) is 24.5. The van der Waals surface area contributed by atoms with E-state index in [1.807, 2.05) is 71.0 Å². The molecular formula is C40H45F2N5O4. The van der Waals surface area contributed by atoms with Crippen LogP contribution in [0.4, 0.5) is 26.0 Å². The number of allylic oxidation sites excluding steroid dienone is 3. The molecule has 268 valence electrons. The van der Waals surface area contributed by atoms with Gasteiger partial charge in [-0.2, -0.15) is 0 Å². The lowest BCUT2D eigenvalue weighted by Gasteiger charge is -2.24. The van der Waals surface area contributed by atoms with E-state index in [9.17, 15) is 18.4 Å². The van der Waals surface area contributed by atoms with Gasteiger partial charge in [-0.1, -0.05) is 64.6 Å². The van der Waals surface area contributed by atoms with Crippen LogP contribution in [-0.2, 0) is 23.3 Å². The van der Waals surface area contributed by atoms with E-state index in [2.05, 4.69) is 21.9 Å². The van der Waals surface area contributed by atoms with Gasteiger partial charge in [-0.25, -0.2) is 18.7 Å². The summed E-state index contributed by atoms with van der Waals surface area (Å²) in [5.74, 6) is -1.33. The molecule has 1 aromatic heterocycles. The number of hydrogen-bond donors (Lipinski definition) is 1. The van der Waals surface area contributed by atoms with Gasteiger partial charge in [0.2, 0.25) is 5.91 Å². The minimum absolute atomic E-state index is 0.0517. The first kappa shape index (κ1) is 38.2. The first-order valence-corrected chi connectivity index (χ1v) is 16.9. The highest BCUT2D eigenvalue weighted by Crippen LogP contribution is 2.45. The Kier molecular flexibility index (Phi) is 12.0. The van der Waals surface area contributed by atoms with Gasteiger partial charge in [0.25, 0.3) is 5.91 Å². The van der Waals surface area contributed by atoms with Crippen molar-refractivity contribution in [3.05, 3.63) is 119 Å². The molecule has 51 heavy (non-hydrogen) atoms. The molecule has 4 aromatic rings. The van der Waals surface area contributed by atoms with Crippen molar-refractivity contribution in [1.29, 1.82) is 0 Å². The van der Waals surface area contributed by atoms with E-state index in [-0.39, 0.29) is 42.1 Å². The zero-order valence-corrected chi connectivity index (χ0v) is 30.6. The Morgan fingerprint density at radius 2 is 1.63 bits per heavy atom. The quantitative estimate of drug-likeness (QED) is 0.175. The molecule has 9 nitrogen and oxygen atoms in total. The van der Waals surface area contributed by atoms with Crippen LogP contribution in [0.25, 0.3) is 5.57 Å². The highest BCUT2D eigenvalue weighted by molar-refractivity contribution is 6.10. The van der Waals surface area contributed by atoms with Crippen LogP contribution >= 0.6 is 0 Å². The lowest BCUT2D eigenvalue weighted by atomic mass is 9.77. The molecule has 0 bridgehead atoms. The summed E-state index contributed by atoms with van der Waals surface area (Å²) in [6.45, 7) is 14.5. The number of likely N-dealkylation sites (N-methyl/N-ethyl adjacent to an activating group) is 1. The Morgan fingerprint density at radius 1 is 0.961 bits per heavy atom. The summed E-state index contributed by atoms with van der Waals surface area (Å²) in [6.07, 6.45) is 0. The number of aromatic nitrogens is 2. The summed E-state index contributed by atoms with van der Waals surface area (Å²) >= 11 is 0. The van der Waals surface area contributed by atoms with E-state index >= 15 is 0 Å². The second-order valence-electron chi connectivity index (χ2n) is 11.6. The standard InChI is InChI=1S/C36H33F2N5O4.2C2H6/c1-20(37)30(21(2)38)32-40-27-19-43(18-22-11-16-25(46-5)17-29(22)47-6)34(44)31(27)33(41-32)39-24-14-12-23(13-15-24)36(3)26-9-7-8-10-28(26)42(4)35(36)45;2*1-2/h7-17H,1,18-19H2,2-6H3,(H,39,40,41);2*1-2H3/b30-21-;;. The van der Waals surface area contributed by atoms with Crippen molar-refractivity contribution in [2.45, 2.75) is 60.0 Å². The molecule has 0 aliphatic carbocycles. The molecule has 3 heterocycles. The number of rotatable bonds is 9. The minimum Gasteiger partial charge on any atom is -0.497 e. The van der Waals surface area contributed by atoms with Crippen molar-refractivity contribution in [2.75, 3.05) is 31.5 Å². The first-order valence-electron chi connectivity index (χ1n) is 16.9. The van der Waals surface area contributed by atoms with Gasteiger partial charge < -0.3 is 24.6 Å². The van der Waals surface area contributed by atoms with Crippen molar-refractivity contribution in [3.8, 4) is 11.5 Å². The number of carbonyl (C=O) groups excluding carboxylic acids is 2. The molecule has 1 atom stereocenters. The summed E-state index contributed by atoms with van der Waals surface area (Å²) < 4.78 is 39.8. The second-order valence-corrected chi connectivity index (χ2v) is 11.6. The third-order valence-electron chi connectivity index (χ3n) is 8.78. The molecule has 2 aliphatic heterocycles. The molecule has 3 aromatic carbocycles. The average molecular weight is 698 g/mol. The summed E-state index contributed by atoms with van der Waals surface area (Å²) in [7, 11) is 4.84. The van der Waals surface area contributed by atoms with Gasteiger partial charge in [0, 0.05) is 30.1 Å². The van der Waals surface area contributed by atoms with Crippen LogP contribution in [0.2, 0.25) is 0 Å². The Labute approximate surface area is 298 Å². The van der Waals surface area contributed by atoms with Crippen molar-refractivity contribution in [1.82, 2.24) is 14.9 Å². The number of methoxy groups -OCH3 is 2. The molecule has 0 saturated carbocycles. The number of halogens is 2. The molecule has 1 N–H and O–H groups in total. The largest absolute Gasteiger partial charge is 0.497 e. The number of carbonyl (C=O) groups is 2. The van der Waals surface area contributed by atoms with Crippen LogP contribution < -0.4 is 19.7 Å². The fourth-order valence-corrected chi connectivity index (χ4v) is 6.29. The average Bonchev–Trinajstić information content (AvgIpc) is 3.56. The molecule has 2 amide bonds. The molecule has 0 radical (unpaired) electrons. The van der Waals surface area contributed by atoms with Crippen LogP contribution in [0.15, 0.2) is 85.0 Å². The minimum atomic E-state index is -1.04. The maximum atomic E-state index is 14.5. The fourth-order valence-electron chi connectivity index (χ4n) is 6.29. The van der Waals surface area contributed by atoms with Crippen molar-refractivity contribution in [2.24, 2.45) is 0 Å². The summed E-state index contributed by atoms with van der Waals surface area (Å²) in [5, 5.41) is 3.17. The van der Waals surface area contributed by atoms with Gasteiger partial charge >= 0.3 is 0 Å². The van der Waals surface area contributed by atoms with Crippen LogP contribution in [-0.4, -0.2) is 47.9 Å². The zero-order chi connectivity index (χ0) is 37.6. The molecule has 11 heteroatoms. The molecule has 0 fully saturated rings. The normalized spacial score (nSPS) is 16.2. The van der Waals surface area contributed by atoms with E-state index in [1.165, 1.54) is 7.11 Å². The smallest absolute Gasteiger partial charge is 0.260 e. The molecule has 1 unspecified atom stereocenters. The van der Waals surface area contributed by atoms with Crippen LogP contribution in [0.5, 0.6) is 11.5 Å². The van der Waals surface area contributed by atoms with Crippen LogP contribution in [0, 0.1) is 0 Å². The van der Waals surface area contributed by atoms with Gasteiger partial charge in [-0.15, -0.1) is 0 Å². The number of fused-ring (bicyclic) bond motifs is 2. The highest BCUT2D eigenvalue weighted by Gasteiger charge is 2.47. The third-order valence-corrected chi connectivity index (χ3v) is 8.78. The Hall–Kier alpha value is -5.58. The summed E-state index contributed by atoms with van der Waals surface area (Å²) in [5.41, 5.74) is 2.90. The monoisotopic (exact) mass is 697 g/mol. The number of para-hydroxylation sites is 1. The van der Waals surface area contributed by atoms with E-state index < -0.39 is 22.6 Å². The molecule has 6 rings (SSSR count). The molecule has 2 aliphatic rings. The predicted molar refractivity (Wildman–Crippen MR) is 198 cm³/mol. The maximum absolute atomic E-state index is 14.5. The highest BCUT2D eigenvalue weighted by atomic mass is 19.1. The number of ether oxygens (including phenoxy) is 2. The van der Waals surface area contributed by atoms with Crippen LogP contribution in [0.1, 0.15) is 80.1 Å². The zero-order valence-electron chi connectivity index (χ0n) is 30.6. The number of amides is 2. The number of nitrogens with one attached hydrogen (secondary N) is 1. The van der Waals surface area contributed by atoms with E-state index in [0.29, 0.717) is 22.9 Å². The van der Waals surface area contributed by atoms with Gasteiger partial charge in [0.05, 0.1) is 44.0 Å². The van der Waals surface area contributed by atoms with Crippen LogP contribution in [0.3, 0.4) is 0 Å². The Bertz CT molecular complexity index is 1970. The fraction of sp³-hybridized carbons (Fsp3) is 0.300. The lowest BCUT2D eigenvalue weighted by Crippen LogP contribution is -2.37. The number of benzene rings is 3. The summed E-state index contributed by atoms with van der Waals surface area (Å²) in [6, 6.07) is 20.2. The second kappa shape index (κ2) is 16.0. The van der Waals surface area contributed by atoms with E-state index in [0.717, 1.165) is 29.3 Å². The third kappa shape index (κ3) is 7.06. The van der Waals surface area contributed by atoms with Crippen molar-refractivity contribution >= 4 is 34.6 Å². The van der Waals surface area contributed by atoms with Gasteiger partial charge in [-0.3, -0.25) is 9.59 Å². The SMILES string of the molecule is C=C(F)/C(=C(\C)F)c1nc2c(c(Nc3ccc(C4(C)C(=O)N(C)c5ccccc54)cc3)n1)C(=O)N(Cc1ccc(OC)cc1OC)C2.CC.CC. The number of nitrogens with zero attached hydrogens (tertiary/aromatic N) is 4. The molecule has 0 saturated heterocycles. The van der Waals surface area contributed by atoms with E-state index in [1.54, 1.807) is 54.3 Å². The van der Waals surface area contributed by atoms with E-state index in [4.69, 9.17) is 9.47 Å². The lowest BCUT2D eigenvalue weighted by molar-refractivity contribution is -0.121. The van der Waals surface area contributed by atoms with Crippen molar-refractivity contribution in [3.63, 3.8) is 0 Å². The van der Waals surface area contributed by atoms with Gasteiger partial charge in [-0.05, 0) is 55.3 Å². The van der Waals surface area contributed by atoms with Crippen molar-refractivity contribution < 1.29 is 27.8 Å². The van der Waals surface area contributed by atoms with Gasteiger partial charge in [0.1, 0.15) is 34.5 Å². The number of anilines is 3. The molecule has 0 spiro atoms. The topological polar surface area (TPSA) is 96.9 Å². The Morgan fingerprint density at radius 3 is 2.24 bits per heavy atom.